The molecule has 1 saturated heterocycles. The molecule has 1 fully saturated rings. The fourth-order valence-corrected chi connectivity index (χ4v) is 3.62. The molecule has 0 unspecified atom stereocenters. The molecule has 1 aliphatic carbocycles. The van der Waals surface area contributed by atoms with Gasteiger partial charge in [-0.1, -0.05) is 6.07 Å². The lowest BCUT2D eigenvalue weighted by Gasteiger charge is -2.30. The Morgan fingerprint density at radius 2 is 1.78 bits per heavy atom. The highest BCUT2D eigenvalue weighted by atomic mass is 16.5. The number of carbonyl (C=O) groups is 2. The Bertz CT molecular complexity index is 763. The van der Waals surface area contributed by atoms with Crippen molar-refractivity contribution in [3.63, 3.8) is 0 Å². The summed E-state index contributed by atoms with van der Waals surface area (Å²) in [5.41, 5.74) is 0.273. The number of ketones is 1. The molecule has 0 saturated carbocycles. The van der Waals surface area contributed by atoms with Crippen LogP contribution in [0.25, 0.3) is 0 Å². The van der Waals surface area contributed by atoms with Crippen molar-refractivity contribution in [2.24, 2.45) is 11.8 Å². The smallest absolute Gasteiger partial charge is 0.309 e. The normalized spacial score (nSPS) is 23.4. The number of ether oxygens (including phenoxy) is 4. The van der Waals surface area contributed by atoms with Gasteiger partial charge in [0.25, 0.3) is 0 Å². The third-order valence-corrected chi connectivity index (χ3v) is 5.24. The average molecular weight is 372 g/mol. The SMILES string of the molecule is COc1ccc(C[C@H]2COC(=O)[C@@H]2CC2(OC)C=CC(=O)C=C2)cc1OC. The van der Waals surface area contributed by atoms with Crippen LogP contribution in [0.4, 0.5) is 0 Å². The van der Waals surface area contributed by atoms with E-state index >= 15 is 0 Å². The maximum atomic E-state index is 12.4. The zero-order chi connectivity index (χ0) is 19.4. The van der Waals surface area contributed by atoms with Gasteiger partial charge in [-0.2, -0.15) is 0 Å². The van der Waals surface area contributed by atoms with Crippen molar-refractivity contribution in [1.29, 1.82) is 0 Å². The number of esters is 1. The van der Waals surface area contributed by atoms with Crippen molar-refractivity contribution in [3.05, 3.63) is 48.1 Å². The molecule has 0 bridgehead atoms. The fourth-order valence-electron chi connectivity index (χ4n) is 3.62. The highest BCUT2D eigenvalue weighted by Crippen LogP contribution is 2.37. The summed E-state index contributed by atoms with van der Waals surface area (Å²) in [6.45, 7) is 0.365. The number of cyclic esters (lactones) is 1. The Hall–Kier alpha value is -2.60. The van der Waals surface area contributed by atoms with Crippen LogP contribution in [-0.2, 0) is 25.5 Å². The lowest BCUT2D eigenvalue weighted by molar-refractivity contribution is -0.142. The molecule has 0 aromatic heterocycles. The second-order valence-electron chi connectivity index (χ2n) is 6.82. The number of rotatable bonds is 7. The molecule has 0 radical (unpaired) electrons. The molecule has 2 aliphatic rings. The van der Waals surface area contributed by atoms with Gasteiger partial charge in [-0.15, -0.1) is 0 Å². The van der Waals surface area contributed by atoms with E-state index in [2.05, 4.69) is 0 Å². The molecule has 1 aromatic carbocycles. The number of hydrogen-bond donors (Lipinski definition) is 0. The van der Waals surface area contributed by atoms with Crippen LogP contribution in [0.2, 0.25) is 0 Å². The van der Waals surface area contributed by atoms with Crippen molar-refractivity contribution in [2.45, 2.75) is 18.4 Å². The van der Waals surface area contributed by atoms with Crippen LogP contribution < -0.4 is 9.47 Å². The first kappa shape index (κ1) is 19.2. The van der Waals surface area contributed by atoms with Gasteiger partial charge in [0, 0.05) is 13.0 Å². The van der Waals surface area contributed by atoms with E-state index in [0.717, 1.165) is 5.56 Å². The summed E-state index contributed by atoms with van der Waals surface area (Å²) in [7, 11) is 4.77. The molecule has 27 heavy (non-hydrogen) atoms. The molecule has 1 aromatic rings. The predicted molar refractivity (Wildman–Crippen MR) is 98.8 cm³/mol. The van der Waals surface area contributed by atoms with Crippen LogP contribution in [0, 0.1) is 11.8 Å². The van der Waals surface area contributed by atoms with E-state index in [9.17, 15) is 9.59 Å². The summed E-state index contributed by atoms with van der Waals surface area (Å²) in [6, 6.07) is 5.74. The minimum absolute atomic E-state index is 0.0158. The summed E-state index contributed by atoms with van der Waals surface area (Å²) in [6.07, 6.45) is 7.49. The van der Waals surface area contributed by atoms with Crippen LogP contribution in [0.15, 0.2) is 42.5 Å². The molecule has 1 heterocycles. The first-order valence-corrected chi connectivity index (χ1v) is 8.85. The molecule has 0 amide bonds. The van der Waals surface area contributed by atoms with Gasteiger partial charge in [-0.3, -0.25) is 9.59 Å². The topological polar surface area (TPSA) is 71.1 Å². The Morgan fingerprint density at radius 3 is 2.41 bits per heavy atom. The van der Waals surface area contributed by atoms with E-state index in [0.29, 0.717) is 30.9 Å². The summed E-state index contributed by atoms with van der Waals surface area (Å²) in [4.78, 5) is 23.8. The number of allylic oxidation sites excluding steroid dienone is 2. The van der Waals surface area contributed by atoms with E-state index in [1.807, 2.05) is 18.2 Å². The van der Waals surface area contributed by atoms with E-state index in [1.165, 1.54) is 12.2 Å². The lowest BCUT2D eigenvalue weighted by atomic mass is 9.79. The van der Waals surface area contributed by atoms with Crippen molar-refractivity contribution in [1.82, 2.24) is 0 Å². The van der Waals surface area contributed by atoms with Gasteiger partial charge in [-0.25, -0.2) is 0 Å². The highest BCUT2D eigenvalue weighted by Gasteiger charge is 2.42. The average Bonchev–Trinajstić information content (AvgIpc) is 3.03. The van der Waals surface area contributed by atoms with E-state index in [-0.39, 0.29) is 23.6 Å². The summed E-state index contributed by atoms with van der Waals surface area (Å²) < 4.78 is 21.6. The highest BCUT2D eigenvalue weighted by molar-refractivity contribution is 6.00. The third kappa shape index (κ3) is 4.06. The standard InChI is InChI=1S/C21H24O6/c1-24-18-5-4-14(11-19(18)25-2)10-15-13-27-20(23)17(15)12-21(26-3)8-6-16(22)7-9-21/h4-9,11,15,17H,10,12-13H2,1-3H3/t15-,17+/m0/s1. The van der Waals surface area contributed by atoms with Crippen molar-refractivity contribution in [3.8, 4) is 11.5 Å². The largest absolute Gasteiger partial charge is 0.493 e. The molecule has 2 atom stereocenters. The second-order valence-corrected chi connectivity index (χ2v) is 6.82. The van der Waals surface area contributed by atoms with Crippen LogP contribution in [-0.4, -0.2) is 45.3 Å². The molecular formula is C21H24O6. The van der Waals surface area contributed by atoms with Crippen LogP contribution in [0.1, 0.15) is 12.0 Å². The zero-order valence-electron chi connectivity index (χ0n) is 15.8. The molecular weight excluding hydrogens is 348 g/mol. The van der Waals surface area contributed by atoms with Crippen molar-refractivity contribution < 1.29 is 28.5 Å². The number of methoxy groups -OCH3 is 3. The maximum Gasteiger partial charge on any atom is 0.309 e. The Balaban J connectivity index is 1.78. The first-order chi connectivity index (χ1) is 13.0. The van der Waals surface area contributed by atoms with Gasteiger partial charge in [0.15, 0.2) is 17.3 Å². The molecule has 1 aliphatic heterocycles. The van der Waals surface area contributed by atoms with E-state index in [4.69, 9.17) is 18.9 Å². The van der Waals surface area contributed by atoms with Gasteiger partial charge < -0.3 is 18.9 Å². The van der Waals surface area contributed by atoms with E-state index < -0.39 is 5.60 Å². The zero-order valence-corrected chi connectivity index (χ0v) is 15.8. The minimum Gasteiger partial charge on any atom is -0.493 e. The summed E-state index contributed by atoms with van der Waals surface area (Å²) in [5, 5.41) is 0. The van der Waals surface area contributed by atoms with Crippen molar-refractivity contribution in [2.75, 3.05) is 27.9 Å². The van der Waals surface area contributed by atoms with Crippen LogP contribution >= 0.6 is 0 Å². The van der Waals surface area contributed by atoms with Crippen LogP contribution in [0.5, 0.6) is 11.5 Å². The van der Waals surface area contributed by atoms with Crippen LogP contribution in [0.3, 0.4) is 0 Å². The second kappa shape index (κ2) is 7.96. The van der Waals surface area contributed by atoms with Gasteiger partial charge in [0.05, 0.1) is 26.7 Å². The molecule has 0 spiro atoms. The Labute approximate surface area is 158 Å². The number of carbonyl (C=O) groups excluding carboxylic acids is 2. The monoisotopic (exact) mass is 372 g/mol. The fraction of sp³-hybridized carbons (Fsp3) is 0.429. The molecule has 0 N–H and O–H groups in total. The summed E-state index contributed by atoms with van der Waals surface area (Å²) in [5.74, 6) is 0.704. The predicted octanol–water partition coefficient (Wildman–Crippen LogP) is 2.51. The lowest BCUT2D eigenvalue weighted by Crippen LogP contribution is -2.35. The molecule has 6 heteroatoms. The minimum atomic E-state index is -0.766. The molecule has 3 rings (SSSR count). The quantitative estimate of drug-likeness (QED) is 0.685. The van der Waals surface area contributed by atoms with Crippen molar-refractivity contribution >= 4 is 11.8 Å². The van der Waals surface area contributed by atoms with Gasteiger partial charge in [0.1, 0.15) is 5.60 Å². The van der Waals surface area contributed by atoms with Gasteiger partial charge >= 0.3 is 5.97 Å². The Kier molecular flexibility index (Phi) is 5.65. The number of benzene rings is 1. The van der Waals surface area contributed by atoms with Gasteiger partial charge in [-0.05, 0) is 54.8 Å². The van der Waals surface area contributed by atoms with E-state index in [1.54, 1.807) is 33.5 Å². The first-order valence-electron chi connectivity index (χ1n) is 8.85. The summed E-state index contributed by atoms with van der Waals surface area (Å²) >= 11 is 0. The maximum absolute atomic E-state index is 12.4. The van der Waals surface area contributed by atoms with Gasteiger partial charge in [0.2, 0.25) is 0 Å². The number of hydrogen-bond acceptors (Lipinski definition) is 6. The molecule has 144 valence electrons. The Morgan fingerprint density at radius 1 is 1.07 bits per heavy atom. The molecule has 6 nitrogen and oxygen atoms in total. The third-order valence-electron chi connectivity index (χ3n) is 5.24.